The number of fused-ring (bicyclic) bond motifs is 2. The molecule has 0 aromatic heterocycles. The van der Waals surface area contributed by atoms with Crippen LogP contribution in [0.1, 0.15) is 46.0 Å². The van der Waals surface area contributed by atoms with E-state index in [1.807, 2.05) is 42.3 Å². The molecule has 2 heterocycles. The van der Waals surface area contributed by atoms with Gasteiger partial charge >= 0.3 is 0 Å². The number of carbonyl (C=O) groups excluding carboxylic acids is 2. The van der Waals surface area contributed by atoms with Crippen LogP contribution in [-0.4, -0.2) is 36.5 Å². The van der Waals surface area contributed by atoms with E-state index in [9.17, 15) is 9.59 Å². The van der Waals surface area contributed by atoms with Gasteiger partial charge in [0.2, 0.25) is 0 Å². The first-order chi connectivity index (χ1) is 12.6. The van der Waals surface area contributed by atoms with Gasteiger partial charge in [-0.05, 0) is 55.2 Å². The van der Waals surface area contributed by atoms with Gasteiger partial charge in [-0.2, -0.15) is 0 Å². The Morgan fingerprint density at radius 2 is 2.08 bits per heavy atom. The maximum absolute atomic E-state index is 12.7. The molecule has 0 bridgehead atoms. The molecule has 1 fully saturated rings. The Morgan fingerprint density at radius 3 is 2.88 bits per heavy atom. The number of hydrogen-bond acceptors (Lipinski definition) is 3. The van der Waals surface area contributed by atoms with E-state index in [1.54, 1.807) is 12.1 Å². The molecule has 4 rings (SSSR count). The van der Waals surface area contributed by atoms with Crippen molar-refractivity contribution < 1.29 is 9.59 Å². The number of nitrogens with one attached hydrogen (secondary N) is 1. The van der Waals surface area contributed by atoms with E-state index < -0.39 is 0 Å². The highest BCUT2D eigenvalue weighted by Crippen LogP contribution is 2.35. The van der Waals surface area contributed by atoms with Crippen molar-refractivity contribution in [2.75, 3.05) is 23.8 Å². The Kier molecular flexibility index (Phi) is 4.15. The summed E-state index contributed by atoms with van der Waals surface area (Å²) in [5, 5.41) is 2.96. The first-order valence-corrected chi connectivity index (χ1v) is 9.16. The van der Waals surface area contributed by atoms with Crippen LogP contribution in [0.5, 0.6) is 0 Å². The van der Waals surface area contributed by atoms with Crippen molar-refractivity contribution in [3.63, 3.8) is 0 Å². The number of benzene rings is 2. The predicted octanol–water partition coefficient (Wildman–Crippen LogP) is 3.51. The molecule has 0 saturated carbocycles. The maximum atomic E-state index is 12.7. The second-order valence-electron chi connectivity index (χ2n) is 6.97. The number of carbonyl (C=O) groups is 2. The predicted molar refractivity (Wildman–Crippen MR) is 103 cm³/mol. The molecule has 0 aliphatic carbocycles. The molecule has 2 amide bonds. The van der Waals surface area contributed by atoms with Crippen LogP contribution in [0.3, 0.4) is 0 Å². The van der Waals surface area contributed by atoms with Crippen molar-refractivity contribution in [1.82, 2.24) is 4.90 Å². The number of aryl methyl sites for hydroxylation is 1. The molecular weight excluding hydrogens is 326 g/mol. The highest BCUT2D eigenvalue weighted by atomic mass is 16.2. The average Bonchev–Trinajstić information content (AvgIpc) is 3.16. The summed E-state index contributed by atoms with van der Waals surface area (Å²) in [5.74, 6) is -0.0843. The van der Waals surface area contributed by atoms with E-state index in [4.69, 9.17) is 0 Å². The van der Waals surface area contributed by atoms with Gasteiger partial charge in [-0.3, -0.25) is 9.59 Å². The Hall–Kier alpha value is -2.82. The zero-order valence-corrected chi connectivity index (χ0v) is 15.2. The molecule has 1 atom stereocenters. The van der Waals surface area contributed by atoms with Crippen molar-refractivity contribution in [2.45, 2.75) is 32.4 Å². The Bertz CT molecular complexity index is 877. The number of hydrogen-bond donors (Lipinski definition) is 1. The molecule has 2 aliphatic heterocycles. The Labute approximate surface area is 153 Å². The lowest BCUT2D eigenvalue weighted by atomic mass is 10.0. The smallest absolute Gasteiger partial charge is 0.257 e. The van der Waals surface area contributed by atoms with Gasteiger partial charge in [0.25, 0.3) is 11.8 Å². The summed E-state index contributed by atoms with van der Waals surface area (Å²) in [5.41, 5.74) is 4.05. The molecule has 1 unspecified atom stereocenters. The quantitative estimate of drug-likeness (QED) is 0.922. The third-order valence-corrected chi connectivity index (χ3v) is 5.39. The lowest BCUT2D eigenvalue weighted by Gasteiger charge is -2.40. The molecule has 2 aliphatic rings. The molecule has 5 heteroatoms. The molecule has 0 spiro atoms. The van der Waals surface area contributed by atoms with Gasteiger partial charge in [0.1, 0.15) is 6.17 Å². The van der Waals surface area contributed by atoms with Crippen molar-refractivity contribution in [2.24, 2.45) is 0 Å². The number of amides is 2. The molecule has 2 aromatic carbocycles. The summed E-state index contributed by atoms with van der Waals surface area (Å²) < 4.78 is 0. The fourth-order valence-corrected chi connectivity index (χ4v) is 3.92. The van der Waals surface area contributed by atoms with Crippen molar-refractivity contribution in [3.8, 4) is 0 Å². The van der Waals surface area contributed by atoms with Crippen LogP contribution < -0.4 is 10.2 Å². The molecule has 134 valence electrons. The fraction of sp³-hybridized carbons (Fsp3) is 0.333. The first kappa shape index (κ1) is 16.6. The standard InChI is InChI=1S/C21H23N3O2/c1-3-14-6-4-7-16(12-14)22-20(25)15-9-10-17-18(13-15)23(2)19-8-5-11-24(19)21(17)26/h4,6-7,9-10,12-13,19H,3,5,8,11H2,1-2H3,(H,22,25). The third kappa shape index (κ3) is 2.73. The topological polar surface area (TPSA) is 52.7 Å². The van der Waals surface area contributed by atoms with Crippen LogP contribution in [0.15, 0.2) is 42.5 Å². The van der Waals surface area contributed by atoms with Crippen molar-refractivity contribution in [1.29, 1.82) is 0 Å². The molecule has 1 N–H and O–H groups in total. The van der Waals surface area contributed by atoms with Crippen molar-refractivity contribution >= 4 is 23.2 Å². The van der Waals surface area contributed by atoms with Crippen molar-refractivity contribution in [3.05, 3.63) is 59.2 Å². The molecule has 5 nitrogen and oxygen atoms in total. The maximum Gasteiger partial charge on any atom is 0.257 e. The van der Waals surface area contributed by atoms with Crippen LogP contribution in [0.4, 0.5) is 11.4 Å². The average molecular weight is 349 g/mol. The highest BCUT2D eigenvalue weighted by molar-refractivity contribution is 6.08. The monoisotopic (exact) mass is 349 g/mol. The molecule has 26 heavy (non-hydrogen) atoms. The normalized spacial score (nSPS) is 18.5. The zero-order valence-electron chi connectivity index (χ0n) is 15.2. The van der Waals surface area contributed by atoms with Gasteiger partial charge in [-0.1, -0.05) is 19.1 Å². The number of rotatable bonds is 3. The summed E-state index contributed by atoms with van der Waals surface area (Å²) >= 11 is 0. The molecule has 2 aromatic rings. The lowest BCUT2D eigenvalue weighted by molar-refractivity contribution is 0.0719. The first-order valence-electron chi connectivity index (χ1n) is 9.16. The van der Waals surface area contributed by atoms with E-state index in [2.05, 4.69) is 17.1 Å². The fourth-order valence-electron chi connectivity index (χ4n) is 3.92. The van der Waals surface area contributed by atoms with Gasteiger partial charge in [0.05, 0.1) is 11.3 Å². The minimum Gasteiger partial charge on any atom is -0.354 e. The Morgan fingerprint density at radius 1 is 1.23 bits per heavy atom. The minimum atomic E-state index is -0.157. The van der Waals surface area contributed by atoms with Gasteiger partial charge in [-0.25, -0.2) is 0 Å². The second kappa shape index (κ2) is 6.48. The summed E-state index contributed by atoms with van der Waals surface area (Å²) in [4.78, 5) is 29.4. The SMILES string of the molecule is CCc1cccc(NC(=O)c2ccc3c(c2)N(C)C2CCCN2C3=O)c1. The van der Waals surface area contributed by atoms with E-state index in [0.717, 1.165) is 37.2 Å². The summed E-state index contributed by atoms with van der Waals surface area (Å²) in [6.07, 6.45) is 3.03. The van der Waals surface area contributed by atoms with E-state index in [0.29, 0.717) is 11.1 Å². The summed E-state index contributed by atoms with van der Waals surface area (Å²) in [6, 6.07) is 13.2. The second-order valence-corrected chi connectivity index (χ2v) is 6.97. The number of anilines is 2. The van der Waals surface area contributed by atoms with Crippen LogP contribution in [0.2, 0.25) is 0 Å². The molecule has 1 saturated heterocycles. The van der Waals surface area contributed by atoms with Crippen LogP contribution in [-0.2, 0) is 6.42 Å². The van der Waals surface area contributed by atoms with Crippen LogP contribution >= 0.6 is 0 Å². The van der Waals surface area contributed by atoms with Crippen LogP contribution in [0.25, 0.3) is 0 Å². The minimum absolute atomic E-state index is 0.0724. The van der Waals surface area contributed by atoms with Crippen LogP contribution in [0, 0.1) is 0 Å². The lowest BCUT2D eigenvalue weighted by Crippen LogP contribution is -2.50. The number of nitrogens with zero attached hydrogens (tertiary/aromatic N) is 2. The van der Waals surface area contributed by atoms with E-state index in [-0.39, 0.29) is 18.0 Å². The summed E-state index contributed by atoms with van der Waals surface area (Å²) in [6.45, 7) is 2.90. The zero-order chi connectivity index (χ0) is 18.3. The third-order valence-electron chi connectivity index (χ3n) is 5.39. The highest BCUT2D eigenvalue weighted by Gasteiger charge is 2.38. The molecular formula is C21H23N3O2. The molecule has 0 radical (unpaired) electrons. The van der Waals surface area contributed by atoms with E-state index in [1.165, 1.54) is 5.56 Å². The van der Waals surface area contributed by atoms with Gasteiger partial charge in [-0.15, -0.1) is 0 Å². The summed E-state index contributed by atoms with van der Waals surface area (Å²) in [7, 11) is 2.00. The van der Waals surface area contributed by atoms with Gasteiger partial charge < -0.3 is 15.1 Å². The largest absolute Gasteiger partial charge is 0.354 e. The van der Waals surface area contributed by atoms with E-state index >= 15 is 0 Å². The van der Waals surface area contributed by atoms with Gasteiger partial charge in [0, 0.05) is 24.8 Å². The van der Waals surface area contributed by atoms with Gasteiger partial charge in [0.15, 0.2) is 0 Å². The Balaban J connectivity index is 1.61.